The molecule has 1 aromatic heterocycles. The van der Waals surface area contributed by atoms with Crippen molar-refractivity contribution in [1.82, 2.24) is 0 Å². The lowest BCUT2D eigenvalue weighted by Crippen LogP contribution is -1.85. The minimum atomic E-state index is 0.506. The highest BCUT2D eigenvalue weighted by Crippen LogP contribution is 2.22. The fourth-order valence-electron chi connectivity index (χ4n) is 1.50. The van der Waals surface area contributed by atoms with Crippen molar-refractivity contribution in [3.63, 3.8) is 0 Å². The Morgan fingerprint density at radius 1 is 1.18 bits per heavy atom. The van der Waals surface area contributed by atoms with Crippen molar-refractivity contribution in [1.29, 1.82) is 5.26 Å². The molecule has 0 aliphatic carbocycles. The van der Waals surface area contributed by atoms with E-state index in [1.807, 2.05) is 30.3 Å². The van der Waals surface area contributed by atoms with E-state index < -0.39 is 0 Å². The summed E-state index contributed by atoms with van der Waals surface area (Å²) in [6, 6.07) is 15.3. The van der Waals surface area contributed by atoms with Crippen LogP contribution in [0.4, 0.5) is 0 Å². The average molecular weight is 221 g/mol. The van der Waals surface area contributed by atoms with Crippen LogP contribution in [0.5, 0.6) is 0 Å². The van der Waals surface area contributed by atoms with Gasteiger partial charge in [-0.3, -0.25) is 0 Å². The topological polar surface area (TPSA) is 36.9 Å². The molecule has 1 heterocycles. The zero-order chi connectivity index (χ0) is 12.1. The number of furan rings is 1. The minimum Gasteiger partial charge on any atom is -0.465 e. The molecule has 2 heteroatoms. The molecule has 0 unspecified atom stereocenters. The van der Waals surface area contributed by atoms with Gasteiger partial charge < -0.3 is 4.42 Å². The monoisotopic (exact) mass is 221 g/mol. The second-order valence-corrected chi connectivity index (χ2v) is 3.53. The number of benzene rings is 1. The van der Waals surface area contributed by atoms with E-state index in [-0.39, 0.29) is 0 Å². The van der Waals surface area contributed by atoms with Crippen LogP contribution < -0.4 is 0 Å². The molecule has 0 fully saturated rings. The minimum absolute atomic E-state index is 0.506. The Hall–Kier alpha value is -2.53. The van der Waals surface area contributed by atoms with Gasteiger partial charge in [0.1, 0.15) is 5.76 Å². The Kier molecular flexibility index (Phi) is 3.23. The summed E-state index contributed by atoms with van der Waals surface area (Å²) in [6.45, 7) is 3.94. The molecule has 0 spiro atoms. The third-order valence-corrected chi connectivity index (χ3v) is 2.40. The molecule has 0 radical (unpaired) electrons. The van der Waals surface area contributed by atoms with Crippen molar-refractivity contribution in [3.8, 4) is 6.07 Å². The van der Waals surface area contributed by atoms with Crippen molar-refractivity contribution in [3.05, 3.63) is 72.2 Å². The summed E-state index contributed by atoms with van der Waals surface area (Å²) in [6.07, 6.45) is 3.27. The summed E-state index contributed by atoms with van der Waals surface area (Å²) in [5.74, 6) is 0.652. The molecule has 0 aliphatic rings. The lowest BCUT2D eigenvalue weighted by molar-refractivity contribution is 0.557. The van der Waals surface area contributed by atoms with E-state index in [1.165, 1.54) is 0 Å². The quantitative estimate of drug-likeness (QED) is 0.582. The van der Waals surface area contributed by atoms with E-state index in [1.54, 1.807) is 24.5 Å². The van der Waals surface area contributed by atoms with Gasteiger partial charge >= 0.3 is 0 Å². The summed E-state index contributed by atoms with van der Waals surface area (Å²) in [5.41, 5.74) is 2.14. The maximum atomic E-state index is 9.14. The Labute approximate surface area is 100 Å². The molecule has 17 heavy (non-hydrogen) atoms. The lowest BCUT2D eigenvalue weighted by atomic mass is 10.00. The first-order valence-electron chi connectivity index (χ1n) is 5.21. The van der Waals surface area contributed by atoms with Crippen LogP contribution in [0.2, 0.25) is 0 Å². The first-order chi connectivity index (χ1) is 8.31. The standard InChI is InChI=1S/C15H11NO/c1-12(13-6-3-2-4-7-13)14(11-16)10-15-8-5-9-17-15/h2-10H,1H2/b14-10+. The Morgan fingerprint density at radius 2 is 1.94 bits per heavy atom. The number of allylic oxidation sites excluding steroid dienone is 2. The smallest absolute Gasteiger partial charge is 0.127 e. The van der Waals surface area contributed by atoms with E-state index in [0.29, 0.717) is 16.9 Å². The summed E-state index contributed by atoms with van der Waals surface area (Å²) >= 11 is 0. The molecule has 0 aliphatic heterocycles. The van der Waals surface area contributed by atoms with Crippen molar-refractivity contribution in [2.45, 2.75) is 0 Å². The summed E-state index contributed by atoms with van der Waals surface area (Å²) in [5, 5.41) is 9.14. The van der Waals surface area contributed by atoms with Crippen LogP contribution in [-0.2, 0) is 0 Å². The highest BCUT2D eigenvalue weighted by molar-refractivity contribution is 5.86. The molecular weight excluding hydrogens is 210 g/mol. The van der Waals surface area contributed by atoms with Crippen LogP contribution >= 0.6 is 0 Å². The lowest BCUT2D eigenvalue weighted by Gasteiger charge is -2.03. The number of rotatable bonds is 3. The van der Waals surface area contributed by atoms with Crippen molar-refractivity contribution in [2.75, 3.05) is 0 Å². The van der Waals surface area contributed by atoms with Gasteiger partial charge in [-0.15, -0.1) is 0 Å². The normalized spacial score (nSPS) is 10.9. The molecule has 0 saturated carbocycles. The SMILES string of the molecule is C=C(/C(C#N)=C/c1ccco1)c1ccccc1. The van der Waals surface area contributed by atoms with Gasteiger partial charge in [-0.25, -0.2) is 0 Å². The Morgan fingerprint density at radius 3 is 2.53 bits per heavy atom. The third kappa shape index (κ3) is 2.53. The zero-order valence-corrected chi connectivity index (χ0v) is 9.26. The van der Waals surface area contributed by atoms with Crippen LogP contribution in [0.25, 0.3) is 11.6 Å². The summed E-state index contributed by atoms with van der Waals surface area (Å²) in [4.78, 5) is 0. The van der Waals surface area contributed by atoms with Gasteiger partial charge in [0.15, 0.2) is 0 Å². The number of hydrogen-bond donors (Lipinski definition) is 0. The second kappa shape index (κ2) is 5.00. The molecule has 1 aromatic carbocycles. The van der Waals surface area contributed by atoms with Gasteiger partial charge in [-0.1, -0.05) is 36.9 Å². The molecular formula is C15H11NO. The van der Waals surface area contributed by atoms with Gasteiger partial charge in [0.2, 0.25) is 0 Å². The number of hydrogen-bond acceptors (Lipinski definition) is 2. The Bertz CT molecular complexity index is 571. The van der Waals surface area contributed by atoms with E-state index in [9.17, 15) is 0 Å². The molecule has 2 aromatic rings. The van der Waals surface area contributed by atoms with E-state index >= 15 is 0 Å². The molecule has 0 bridgehead atoms. The largest absolute Gasteiger partial charge is 0.465 e. The van der Waals surface area contributed by atoms with Crippen molar-refractivity contribution in [2.24, 2.45) is 0 Å². The van der Waals surface area contributed by atoms with Gasteiger partial charge in [-0.2, -0.15) is 5.26 Å². The molecule has 0 N–H and O–H groups in total. The molecule has 0 atom stereocenters. The molecule has 82 valence electrons. The maximum absolute atomic E-state index is 9.14. The van der Waals surface area contributed by atoms with Gasteiger partial charge in [-0.05, 0) is 29.3 Å². The molecule has 0 amide bonds. The van der Waals surface area contributed by atoms with Crippen LogP contribution in [0.1, 0.15) is 11.3 Å². The van der Waals surface area contributed by atoms with Crippen LogP contribution in [0, 0.1) is 11.3 Å². The summed E-state index contributed by atoms with van der Waals surface area (Å²) < 4.78 is 5.18. The van der Waals surface area contributed by atoms with E-state index in [0.717, 1.165) is 5.56 Å². The van der Waals surface area contributed by atoms with E-state index in [4.69, 9.17) is 9.68 Å². The maximum Gasteiger partial charge on any atom is 0.127 e. The first kappa shape index (κ1) is 11.0. The van der Waals surface area contributed by atoms with Crippen LogP contribution in [0.15, 0.2) is 65.3 Å². The number of nitriles is 1. The highest BCUT2D eigenvalue weighted by Gasteiger charge is 2.05. The van der Waals surface area contributed by atoms with Crippen LogP contribution in [0.3, 0.4) is 0 Å². The van der Waals surface area contributed by atoms with E-state index in [2.05, 4.69) is 12.6 Å². The van der Waals surface area contributed by atoms with Gasteiger partial charge in [0.25, 0.3) is 0 Å². The predicted molar refractivity (Wildman–Crippen MR) is 67.8 cm³/mol. The first-order valence-corrected chi connectivity index (χ1v) is 5.21. The summed E-state index contributed by atoms with van der Waals surface area (Å²) in [7, 11) is 0. The fourth-order valence-corrected chi connectivity index (χ4v) is 1.50. The van der Waals surface area contributed by atoms with Crippen molar-refractivity contribution < 1.29 is 4.42 Å². The molecule has 0 saturated heterocycles. The van der Waals surface area contributed by atoms with Gasteiger partial charge in [0, 0.05) is 0 Å². The second-order valence-electron chi connectivity index (χ2n) is 3.53. The fraction of sp³-hybridized carbons (Fsp3) is 0. The number of nitrogens with zero attached hydrogens (tertiary/aromatic N) is 1. The van der Waals surface area contributed by atoms with Crippen LogP contribution in [-0.4, -0.2) is 0 Å². The molecule has 2 rings (SSSR count). The Balaban J connectivity index is 2.33. The highest BCUT2D eigenvalue weighted by atomic mass is 16.3. The predicted octanol–water partition coefficient (Wildman–Crippen LogP) is 3.90. The van der Waals surface area contributed by atoms with Crippen molar-refractivity contribution >= 4 is 11.6 Å². The molecule has 2 nitrogen and oxygen atoms in total. The average Bonchev–Trinajstić information content (AvgIpc) is 2.89. The zero-order valence-electron chi connectivity index (χ0n) is 9.26. The van der Waals surface area contributed by atoms with Gasteiger partial charge in [0.05, 0.1) is 17.9 Å². The third-order valence-electron chi connectivity index (χ3n) is 2.40.